The summed E-state index contributed by atoms with van der Waals surface area (Å²) in [6, 6.07) is 9.97. The highest BCUT2D eigenvalue weighted by Gasteiger charge is 2.22. The lowest BCUT2D eigenvalue weighted by atomic mass is 10.1. The molecule has 0 heterocycles. The molecule has 0 unspecified atom stereocenters. The number of ether oxygens (including phenoxy) is 1. The highest BCUT2D eigenvalue weighted by molar-refractivity contribution is 7.89. The summed E-state index contributed by atoms with van der Waals surface area (Å²) < 4.78 is 45.1. The zero-order valence-corrected chi connectivity index (χ0v) is 17.2. The molecule has 6 nitrogen and oxygen atoms in total. The topological polar surface area (TPSA) is 75.7 Å². The second kappa shape index (κ2) is 9.16. The predicted octanol–water partition coefficient (Wildman–Crippen LogP) is 3.36. The predicted molar refractivity (Wildman–Crippen MR) is 105 cm³/mol. The molecule has 0 aromatic heterocycles. The zero-order chi connectivity index (χ0) is 20.9. The molecule has 0 bridgehead atoms. The highest BCUT2D eigenvalue weighted by Crippen LogP contribution is 2.21. The SMILES string of the molecule is CCN(CC)S(=O)(=O)c1ccc([C@H](C)NC(=O)c2ccc(OC)c(F)c2)cc1. The smallest absolute Gasteiger partial charge is 0.251 e. The van der Waals surface area contributed by atoms with Gasteiger partial charge in [-0.15, -0.1) is 0 Å². The number of methoxy groups -OCH3 is 1. The first kappa shape index (κ1) is 21.8. The molecule has 0 fully saturated rings. The van der Waals surface area contributed by atoms with Crippen LogP contribution in [-0.2, 0) is 10.0 Å². The van der Waals surface area contributed by atoms with Gasteiger partial charge in [-0.2, -0.15) is 4.31 Å². The standard InChI is InChI=1S/C20H25FN2O4S/c1-5-23(6-2)28(25,26)17-10-7-15(8-11-17)14(3)22-20(24)16-9-12-19(27-4)18(21)13-16/h7-14H,5-6H2,1-4H3,(H,22,24)/t14-/m0/s1. The Bertz CT molecular complexity index is 926. The molecule has 2 aromatic carbocycles. The van der Waals surface area contributed by atoms with E-state index in [0.29, 0.717) is 13.1 Å². The van der Waals surface area contributed by atoms with Gasteiger partial charge in [0.05, 0.1) is 18.0 Å². The second-order valence-corrected chi connectivity index (χ2v) is 8.14. The normalized spacial score (nSPS) is 12.6. The van der Waals surface area contributed by atoms with E-state index in [-0.39, 0.29) is 22.3 Å². The molecular weight excluding hydrogens is 383 g/mol. The van der Waals surface area contributed by atoms with Crippen LogP contribution in [0.15, 0.2) is 47.4 Å². The summed E-state index contributed by atoms with van der Waals surface area (Å²) in [6.07, 6.45) is 0. The van der Waals surface area contributed by atoms with Gasteiger partial charge in [0.2, 0.25) is 10.0 Å². The van der Waals surface area contributed by atoms with Gasteiger partial charge in [0, 0.05) is 18.7 Å². The number of nitrogens with zero attached hydrogens (tertiary/aromatic N) is 1. The van der Waals surface area contributed by atoms with Crippen molar-refractivity contribution in [3.63, 3.8) is 0 Å². The van der Waals surface area contributed by atoms with Crippen LogP contribution in [0, 0.1) is 5.82 Å². The molecule has 152 valence electrons. The van der Waals surface area contributed by atoms with Crippen molar-refractivity contribution in [3.8, 4) is 5.75 Å². The van der Waals surface area contributed by atoms with Crippen LogP contribution in [0.3, 0.4) is 0 Å². The van der Waals surface area contributed by atoms with E-state index >= 15 is 0 Å². The molecule has 8 heteroatoms. The first-order valence-corrected chi connectivity index (χ1v) is 10.4. The lowest BCUT2D eigenvalue weighted by molar-refractivity contribution is 0.0939. The van der Waals surface area contributed by atoms with Crippen molar-refractivity contribution >= 4 is 15.9 Å². The summed E-state index contributed by atoms with van der Waals surface area (Å²) in [5.41, 5.74) is 0.909. The average molecular weight is 408 g/mol. The summed E-state index contributed by atoms with van der Waals surface area (Å²) in [6.45, 7) is 6.13. The third-order valence-electron chi connectivity index (χ3n) is 4.48. The number of amides is 1. The maximum Gasteiger partial charge on any atom is 0.251 e. The zero-order valence-electron chi connectivity index (χ0n) is 16.4. The Labute approximate surface area is 165 Å². The molecule has 0 aliphatic carbocycles. The third kappa shape index (κ3) is 4.69. The van der Waals surface area contributed by atoms with Crippen molar-refractivity contribution in [1.82, 2.24) is 9.62 Å². The number of hydrogen-bond acceptors (Lipinski definition) is 4. The number of sulfonamides is 1. The van der Waals surface area contributed by atoms with Crippen molar-refractivity contribution in [3.05, 3.63) is 59.4 Å². The van der Waals surface area contributed by atoms with Crippen molar-refractivity contribution in [2.45, 2.75) is 31.7 Å². The van der Waals surface area contributed by atoms with Crippen molar-refractivity contribution in [2.24, 2.45) is 0 Å². The summed E-state index contributed by atoms with van der Waals surface area (Å²) in [5.74, 6) is -0.989. The van der Waals surface area contributed by atoms with Crippen LogP contribution in [0.25, 0.3) is 0 Å². The molecule has 0 aliphatic heterocycles. The quantitative estimate of drug-likeness (QED) is 0.727. The van der Waals surface area contributed by atoms with Gasteiger partial charge in [0.1, 0.15) is 0 Å². The fourth-order valence-corrected chi connectivity index (χ4v) is 4.27. The molecule has 2 aromatic rings. The number of rotatable bonds is 8. The van der Waals surface area contributed by atoms with Crippen molar-refractivity contribution in [2.75, 3.05) is 20.2 Å². The Morgan fingerprint density at radius 1 is 1.14 bits per heavy atom. The Balaban J connectivity index is 2.14. The summed E-state index contributed by atoms with van der Waals surface area (Å²) in [4.78, 5) is 12.6. The van der Waals surface area contributed by atoms with Crippen LogP contribution >= 0.6 is 0 Å². The maximum absolute atomic E-state index is 13.8. The largest absolute Gasteiger partial charge is 0.494 e. The number of halogens is 1. The van der Waals surface area contributed by atoms with Crippen molar-refractivity contribution < 1.29 is 22.3 Å². The van der Waals surface area contributed by atoms with E-state index in [4.69, 9.17) is 4.74 Å². The summed E-state index contributed by atoms with van der Waals surface area (Å²) in [7, 11) is -2.18. The van der Waals surface area contributed by atoms with Gasteiger partial charge in [-0.3, -0.25) is 4.79 Å². The first-order chi connectivity index (χ1) is 13.2. The molecule has 0 saturated carbocycles. The van der Waals surface area contributed by atoms with E-state index in [1.807, 2.05) is 0 Å². The van der Waals surface area contributed by atoms with E-state index in [0.717, 1.165) is 11.6 Å². The number of benzene rings is 2. The van der Waals surface area contributed by atoms with Crippen LogP contribution in [0.1, 0.15) is 42.7 Å². The van der Waals surface area contributed by atoms with Crippen LogP contribution in [0.5, 0.6) is 5.75 Å². The monoisotopic (exact) mass is 408 g/mol. The van der Waals surface area contributed by atoms with Gasteiger partial charge >= 0.3 is 0 Å². The lowest BCUT2D eigenvalue weighted by Gasteiger charge is -2.19. The minimum absolute atomic E-state index is 0.0644. The molecular formula is C20H25FN2O4S. The Morgan fingerprint density at radius 3 is 2.25 bits per heavy atom. The van der Waals surface area contributed by atoms with Crippen LogP contribution in [0.4, 0.5) is 4.39 Å². The maximum atomic E-state index is 13.8. The van der Waals surface area contributed by atoms with E-state index in [2.05, 4.69) is 5.32 Å². The van der Waals surface area contributed by atoms with E-state index < -0.39 is 21.7 Å². The van der Waals surface area contributed by atoms with E-state index in [1.54, 1.807) is 32.9 Å². The van der Waals surface area contributed by atoms with Crippen molar-refractivity contribution in [1.29, 1.82) is 0 Å². The molecule has 0 spiro atoms. The molecule has 2 rings (SSSR count). The van der Waals surface area contributed by atoms with Gasteiger partial charge in [0.25, 0.3) is 5.91 Å². The molecule has 0 aliphatic rings. The fraction of sp³-hybridized carbons (Fsp3) is 0.350. The van der Waals surface area contributed by atoms with Gasteiger partial charge in [0.15, 0.2) is 11.6 Å². The summed E-state index contributed by atoms with van der Waals surface area (Å²) in [5, 5.41) is 2.77. The Kier molecular flexibility index (Phi) is 7.15. The van der Waals surface area contributed by atoms with Crippen LogP contribution in [-0.4, -0.2) is 38.8 Å². The molecule has 1 N–H and O–H groups in total. The second-order valence-electron chi connectivity index (χ2n) is 6.20. The molecule has 0 radical (unpaired) electrons. The number of hydrogen-bond donors (Lipinski definition) is 1. The summed E-state index contributed by atoms with van der Waals surface area (Å²) >= 11 is 0. The fourth-order valence-electron chi connectivity index (χ4n) is 2.81. The molecule has 28 heavy (non-hydrogen) atoms. The van der Waals surface area contributed by atoms with E-state index in [9.17, 15) is 17.6 Å². The Hall–Kier alpha value is -2.45. The molecule has 0 saturated heterocycles. The minimum Gasteiger partial charge on any atom is -0.494 e. The van der Waals surface area contributed by atoms with Crippen LogP contribution < -0.4 is 10.1 Å². The lowest BCUT2D eigenvalue weighted by Crippen LogP contribution is -2.30. The highest BCUT2D eigenvalue weighted by atomic mass is 32.2. The number of carbonyl (C=O) groups is 1. The minimum atomic E-state index is -3.53. The molecule has 1 amide bonds. The molecule has 1 atom stereocenters. The number of carbonyl (C=O) groups excluding carboxylic acids is 1. The average Bonchev–Trinajstić information content (AvgIpc) is 2.68. The van der Waals surface area contributed by atoms with Crippen LogP contribution in [0.2, 0.25) is 0 Å². The number of nitrogens with one attached hydrogen (secondary N) is 1. The van der Waals surface area contributed by atoms with Gasteiger partial charge < -0.3 is 10.1 Å². The van der Waals surface area contributed by atoms with Gasteiger partial charge in [-0.1, -0.05) is 26.0 Å². The van der Waals surface area contributed by atoms with Gasteiger partial charge in [-0.05, 0) is 42.8 Å². The first-order valence-electron chi connectivity index (χ1n) is 8.99. The Morgan fingerprint density at radius 2 is 1.75 bits per heavy atom. The van der Waals surface area contributed by atoms with E-state index in [1.165, 1.54) is 35.7 Å². The van der Waals surface area contributed by atoms with Gasteiger partial charge in [-0.25, -0.2) is 12.8 Å². The third-order valence-corrected chi connectivity index (χ3v) is 6.55.